The summed E-state index contributed by atoms with van der Waals surface area (Å²) >= 11 is 5.56. The number of ether oxygens (including phenoxy) is 5. The van der Waals surface area contributed by atoms with E-state index in [1.54, 1.807) is 18.2 Å². The van der Waals surface area contributed by atoms with Gasteiger partial charge in [0, 0.05) is 6.07 Å². The van der Waals surface area contributed by atoms with E-state index >= 15 is 0 Å². The second-order valence-corrected chi connectivity index (χ2v) is 5.57. The highest BCUT2D eigenvalue weighted by atomic mass is 35.5. The number of rotatable bonds is 10. The highest BCUT2D eigenvalue weighted by molar-refractivity contribution is 6.18. The van der Waals surface area contributed by atoms with Crippen LogP contribution in [0, 0.1) is 0 Å². The largest absolute Gasteiger partial charge is 0.491 e. The molecule has 2 heterocycles. The van der Waals surface area contributed by atoms with Crippen LogP contribution in [-0.4, -0.2) is 62.3 Å². The molecule has 2 aliphatic rings. The summed E-state index contributed by atoms with van der Waals surface area (Å²) in [5.74, 6) is 1.91. The van der Waals surface area contributed by atoms with E-state index in [-0.39, 0.29) is 24.7 Å². The Balaban J connectivity index is 1.61. The zero-order chi connectivity index (χ0) is 15.4. The van der Waals surface area contributed by atoms with E-state index in [4.69, 9.17) is 35.3 Å². The minimum Gasteiger partial charge on any atom is -0.491 e. The molecule has 122 valence electrons. The van der Waals surface area contributed by atoms with Crippen molar-refractivity contribution in [2.24, 2.45) is 0 Å². The predicted molar refractivity (Wildman–Crippen MR) is 79.1 cm³/mol. The summed E-state index contributed by atoms with van der Waals surface area (Å²) in [6.45, 7) is 2.56. The van der Waals surface area contributed by atoms with E-state index in [1.165, 1.54) is 0 Å². The average Bonchev–Trinajstić information content (AvgIpc) is 3.43. The molecule has 2 aliphatic heterocycles. The van der Waals surface area contributed by atoms with Crippen LogP contribution in [0.4, 0.5) is 0 Å². The van der Waals surface area contributed by atoms with Crippen molar-refractivity contribution in [1.29, 1.82) is 0 Å². The molecule has 0 bridgehead atoms. The monoisotopic (exact) mass is 330 g/mol. The lowest BCUT2D eigenvalue weighted by atomic mass is 10.3. The fourth-order valence-electron chi connectivity index (χ4n) is 1.74. The Bertz CT molecular complexity index is 489. The Morgan fingerprint density at radius 2 is 1.77 bits per heavy atom. The number of benzene rings is 1. The Morgan fingerprint density at radius 1 is 1.09 bits per heavy atom. The van der Waals surface area contributed by atoms with Crippen LogP contribution in [-0.2, 0) is 9.47 Å². The topological polar surface area (TPSA) is 73.0 Å². The molecule has 6 nitrogen and oxygen atoms in total. The first-order valence-electron chi connectivity index (χ1n) is 7.24. The first-order valence-corrected chi connectivity index (χ1v) is 7.77. The molecule has 2 fully saturated rings. The van der Waals surface area contributed by atoms with Crippen LogP contribution < -0.4 is 14.2 Å². The highest BCUT2D eigenvalue weighted by Gasteiger charge is 2.25. The smallest absolute Gasteiger partial charge is 0.165 e. The molecule has 0 aliphatic carbocycles. The van der Waals surface area contributed by atoms with E-state index in [0.717, 1.165) is 13.2 Å². The third-order valence-corrected chi connectivity index (χ3v) is 3.55. The maximum Gasteiger partial charge on any atom is 0.165 e. The molecule has 3 unspecified atom stereocenters. The van der Waals surface area contributed by atoms with Crippen molar-refractivity contribution in [3.8, 4) is 17.2 Å². The zero-order valence-electron chi connectivity index (χ0n) is 12.1. The lowest BCUT2D eigenvalue weighted by Crippen LogP contribution is -2.19. The summed E-state index contributed by atoms with van der Waals surface area (Å²) in [6.07, 6.45) is -0.381. The Kier molecular flexibility index (Phi) is 5.25. The van der Waals surface area contributed by atoms with Crippen molar-refractivity contribution in [1.82, 2.24) is 0 Å². The standard InChI is InChI=1S/C15H19ClO6/c16-4-10(17)5-21-14-2-1-11(18-6-12-7-19-12)3-15(14)22-9-13-8-20-13/h1-3,10,12-13,17H,4-9H2. The minimum absolute atomic E-state index is 0.107. The number of hydrogen-bond donors (Lipinski definition) is 1. The van der Waals surface area contributed by atoms with Gasteiger partial charge in [-0.15, -0.1) is 11.6 Å². The molecule has 1 aromatic rings. The Morgan fingerprint density at radius 3 is 2.41 bits per heavy atom. The maximum absolute atomic E-state index is 9.49. The molecule has 7 heteroatoms. The molecule has 0 amide bonds. The first-order chi connectivity index (χ1) is 10.7. The molecule has 3 rings (SSSR count). The fraction of sp³-hybridized carbons (Fsp3) is 0.600. The number of hydrogen-bond acceptors (Lipinski definition) is 6. The van der Waals surface area contributed by atoms with Crippen molar-refractivity contribution >= 4 is 11.6 Å². The van der Waals surface area contributed by atoms with Gasteiger partial charge in [0.1, 0.15) is 43.9 Å². The van der Waals surface area contributed by atoms with Crippen LogP contribution in [0.3, 0.4) is 0 Å². The second-order valence-electron chi connectivity index (χ2n) is 5.26. The average molecular weight is 331 g/mol. The lowest BCUT2D eigenvalue weighted by Gasteiger charge is -2.15. The molecule has 0 aromatic heterocycles. The van der Waals surface area contributed by atoms with Gasteiger partial charge in [0.05, 0.1) is 19.1 Å². The molecular weight excluding hydrogens is 312 g/mol. The normalized spacial score (nSPS) is 23.7. The highest BCUT2D eigenvalue weighted by Crippen LogP contribution is 2.33. The fourth-order valence-corrected chi connectivity index (χ4v) is 1.83. The third kappa shape index (κ3) is 4.91. The van der Waals surface area contributed by atoms with Crippen LogP contribution in [0.2, 0.25) is 0 Å². The second kappa shape index (κ2) is 7.37. The predicted octanol–water partition coefficient (Wildman–Crippen LogP) is 1.22. The molecule has 22 heavy (non-hydrogen) atoms. The van der Waals surface area contributed by atoms with Crippen LogP contribution in [0.25, 0.3) is 0 Å². The van der Waals surface area contributed by atoms with Crippen LogP contribution in [0.5, 0.6) is 17.2 Å². The quantitative estimate of drug-likeness (QED) is 0.514. The summed E-state index contributed by atoms with van der Waals surface area (Å²) in [6, 6.07) is 5.32. The third-order valence-electron chi connectivity index (χ3n) is 3.19. The maximum atomic E-state index is 9.49. The van der Waals surface area contributed by atoms with Gasteiger partial charge >= 0.3 is 0 Å². The number of aliphatic hydroxyl groups is 1. The number of halogens is 1. The van der Waals surface area contributed by atoms with Gasteiger partial charge in [0.2, 0.25) is 0 Å². The van der Waals surface area contributed by atoms with Crippen molar-refractivity contribution < 1.29 is 28.8 Å². The van der Waals surface area contributed by atoms with E-state index in [0.29, 0.717) is 30.5 Å². The van der Waals surface area contributed by atoms with E-state index in [9.17, 15) is 5.11 Å². The molecule has 0 spiro atoms. The van der Waals surface area contributed by atoms with Crippen LogP contribution in [0.1, 0.15) is 0 Å². The van der Waals surface area contributed by atoms with E-state index < -0.39 is 6.10 Å². The summed E-state index contributed by atoms with van der Waals surface area (Å²) in [4.78, 5) is 0. The first kappa shape index (κ1) is 15.7. The van der Waals surface area contributed by atoms with Crippen LogP contribution in [0.15, 0.2) is 18.2 Å². The number of epoxide rings is 2. The van der Waals surface area contributed by atoms with Gasteiger partial charge in [0.15, 0.2) is 11.5 Å². The minimum atomic E-state index is -0.718. The van der Waals surface area contributed by atoms with Gasteiger partial charge in [-0.05, 0) is 12.1 Å². The van der Waals surface area contributed by atoms with Crippen molar-refractivity contribution in [3.63, 3.8) is 0 Å². The molecule has 2 saturated heterocycles. The summed E-state index contributed by atoms with van der Waals surface area (Å²) < 4.78 is 27.1. The van der Waals surface area contributed by atoms with Gasteiger partial charge in [-0.1, -0.05) is 0 Å². The van der Waals surface area contributed by atoms with Gasteiger partial charge in [-0.25, -0.2) is 0 Å². The Labute approximate surface area is 133 Å². The summed E-state index contributed by atoms with van der Waals surface area (Å²) in [5.41, 5.74) is 0. The summed E-state index contributed by atoms with van der Waals surface area (Å²) in [7, 11) is 0. The number of alkyl halides is 1. The van der Waals surface area contributed by atoms with Crippen molar-refractivity contribution in [2.75, 3.05) is 38.9 Å². The van der Waals surface area contributed by atoms with Crippen molar-refractivity contribution in [3.05, 3.63) is 18.2 Å². The number of aliphatic hydroxyl groups excluding tert-OH is 1. The molecule has 0 saturated carbocycles. The van der Waals surface area contributed by atoms with E-state index in [1.807, 2.05) is 0 Å². The molecular formula is C15H19ClO6. The molecule has 0 radical (unpaired) electrons. The van der Waals surface area contributed by atoms with Crippen LogP contribution >= 0.6 is 11.6 Å². The zero-order valence-corrected chi connectivity index (χ0v) is 12.8. The summed E-state index contributed by atoms with van der Waals surface area (Å²) in [5, 5.41) is 9.49. The van der Waals surface area contributed by atoms with Gasteiger partial charge in [0.25, 0.3) is 0 Å². The molecule has 1 aromatic carbocycles. The van der Waals surface area contributed by atoms with Gasteiger partial charge in [-0.2, -0.15) is 0 Å². The molecule has 1 N–H and O–H groups in total. The van der Waals surface area contributed by atoms with Gasteiger partial charge < -0.3 is 28.8 Å². The van der Waals surface area contributed by atoms with Crippen molar-refractivity contribution in [2.45, 2.75) is 18.3 Å². The Hall–Kier alpha value is -1.21. The molecule has 3 atom stereocenters. The van der Waals surface area contributed by atoms with Gasteiger partial charge in [-0.3, -0.25) is 0 Å². The SMILES string of the molecule is OC(CCl)COc1ccc(OCC2CO2)cc1OCC1CO1. The lowest BCUT2D eigenvalue weighted by molar-refractivity contribution is 0.121. The van der Waals surface area contributed by atoms with E-state index in [2.05, 4.69) is 0 Å².